The summed E-state index contributed by atoms with van der Waals surface area (Å²) in [5.41, 5.74) is -0.845. The lowest BCUT2D eigenvalue weighted by Gasteiger charge is -2.21. The first-order valence-corrected chi connectivity index (χ1v) is 8.57. The third-order valence-electron chi connectivity index (χ3n) is 3.31. The minimum Gasteiger partial charge on any atom is -0.387 e. The van der Waals surface area contributed by atoms with Gasteiger partial charge in [-0.3, -0.25) is 18.9 Å². The Bertz CT molecular complexity index is 816. The van der Waals surface area contributed by atoms with Crippen LogP contribution in [0.5, 0.6) is 0 Å². The summed E-state index contributed by atoms with van der Waals surface area (Å²) in [5, 5.41) is 29.5. The van der Waals surface area contributed by atoms with Gasteiger partial charge in [0.05, 0.1) is 5.56 Å². The van der Waals surface area contributed by atoms with Crippen LogP contribution in [0.4, 0.5) is 0 Å². The monoisotopic (exact) mass is 400 g/mol. The van der Waals surface area contributed by atoms with Crippen LogP contribution in [-0.4, -0.2) is 59.3 Å². The standard InChI is InChI=1S/C11H14ClN2O10P/c12-2-1-4-3-14(11(19)13-8(4)17)9-6(16)5(15)7(23-9)10(18)24-25(20,21)22/h1-3,5-7,9-10,15-16,18H,(H,13,17,19)(H2,20,21,22)/b2-1+/t5-,6-,7-,9+,10?/m0/s1. The van der Waals surface area contributed by atoms with Crippen LogP contribution >= 0.6 is 19.4 Å². The van der Waals surface area contributed by atoms with E-state index < -0.39 is 49.9 Å². The summed E-state index contributed by atoms with van der Waals surface area (Å²) in [6, 6.07) is 0. The number of aliphatic hydroxyl groups excluding tert-OH is 3. The Morgan fingerprint density at radius 2 is 2.00 bits per heavy atom. The summed E-state index contributed by atoms with van der Waals surface area (Å²) in [5.74, 6) is 0. The smallest absolute Gasteiger partial charge is 0.387 e. The molecule has 14 heteroatoms. The number of rotatable bonds is 5. The van der Waals surface area contributed by atoms with Gasteiger partial charge in [-0.05, 0) is 6.08 Å². The van der Waals surface area contributed by atoms with Crippen LogP contribution in [0.3, 0.4) is 0 Å². The number of phosphoric ester groups is 1. The van der Waals surface area contributed by atoms with E-state index in [0.29, 0.717) is 4.57 Å². The molecule has 12 nitrogen and oxygen atoms in total. The van der Waals surface area contributed by atoms with Crippen molar-refractivity contribution in [3.05, 3.63) is 38.1 Å². The molecule has 1 aliphatic heterocycles. The minimum absolute atomic E-state index is 0.0737. The molecule has 2 rings (SSSR count). The van der Waals surface area contributed by atoms with E-state index in [1.165, 1.54) is 0 Å². The summed E-state index contributed by atoms with van der Waals surface area (Å²) >= 11 is 5.37. The summed E-state index contributed by atoms with van der Waals surface area (Å²) < 4.78 is 20.5. The molecule has 2 heterocycles. The van der Waals surface area contributed by atoms with Crippen molar-refractivity contribution < 1.29 is 38.9 Å². The molecular formula is C11H14ClN2O10P. The second kappa shape index (κ2) is 7.50. The summed E-state index contributed by atoms with van der Waals surface area (Å²) in [7, 11) is -5.11. The molecule has 0 spiro atoms. The van der Waals surface area contributed by atoms with Crippen molar-refractivity contribution in [3.8, 4) is 0 Å². The van der Waals surface area contributed by atoms with Gasteiger partial charge in [-0.15, -0.1) is 0 Å². The highest BCUT2D eigenvalue weighted by molar-refractivity contribution is 7.46. The molecule has 0 radical (unpaired) electrons. The fourth-order valence-electron chi connectivity index (χ4n) is 2.23. The molecule has 1 fully saturated rings. The molecule has 25 heavy (non-hydrogen) atoms. The van der Waals surface area contributed by atoms with Crippen molar-refractivity contribution in [3.63, 3.8) is 0 Å². The first-order chi connectivity index (χ1) is 11.5. The van der Waals surface area contributed by atoms with Gasteiger partial charge in [0.25, 0.3) is 5.56 Å². The number of H-pyrrole nitrogens is 1. The maximum atomic E-state index is 11.9. The maximum Gasteiger partial charge on any atom is 0.472 e. The molecule has 1 aromatic heterocycles. The van der Waals surface area contributed by atoms with E-state index in [-0.39, 0.29) is 5.56 Å². The summed E-state index contributed by atoms with van der Waals surface area (Å²) in [4.78, 5) is 42.8. The van der Waals surface area contributed by atoms with Crippen LogP contribution in [0.25, 0.3) is 6.08 Å². The van der Waals surface area contributed by atoms with Crippen LogP contribution in [-0.2, 0) is 13.8 Å². The number of hydrogen-bond acceptors (Lipinski definition) is 8. The van der Waals surface area contributed by atoms with Gasteiger partial charge in [-0.25, -0.2) is 9.36 Å². The van der Waals surface area contributed by atoms with E-state index in [9.17, 15) is 29.5 Å². The highest BCUT2D eigenvalue weighted by Crippen LogP contribution is 2.40. The zero-order valence-corrected chi connectivity index (χ0v) is 13.8. The Morgan fingerprint density at radius 3 is 2.56 bits per heavy atom. The zero-order chi connectivity index (χ0) is 18.9. The molecule has 140 valence electrons. The lowest BCUT2D eigenvalue weighted by atomic mass is 10.1. The number of phosphoric acid groups is 1. The highest BCUT2D eigenvalue weighted by atomic mass is 35.5. The fourth-order valence-corrected chi connectivity index (χ4v) is 2.77. The van der Waals surface area contributed by atoms with E-state index in [4.69, 9.17) is 26.1 Å². The van der Waals surface area contributed by atoms with E-state index in [0.717, 1.165) is 17.8 Å². The van der Waals surface area contributed by atoms with Gasteiger partial charge in [0, 0.05) is 11.7 Å². The van der Waals surface area contributed by atoms with Crippen molar-refractivity contribution in [2.45, 2.75) is 30.8 Å². The Labute approximate surface area is 143 Å². The van der Waals surface area contributed by atoms with Crippen molar-refractivity contribution in [1.82, 2.24) is 9.55 Å². The van der Waals surface area contributed by atoms with Crippen molar-refractivity contribution in [1.29, 1.82) is 0 Å². The lowest BCUT2D eigenvalue weighted by Crippen LogP contribution is -2.40. The largest absolute Gasteiger partial charge is 0.472 e. The predicted molar refractivity (Wildman–Crippen MR) is 81.3 cm³/mol. The number of nitrogens with one attached hydrogen (secondary N) is 1. The number of halogens is 1. The Balaban J connectivity index is 2.35. The average Bonchev–Trinajstić information content (AvgIpc) is 2.77. The van der Waals surface area contributed by atoms with Gasteiger partial charge in [-0.1, -0.05) is 11.6 Å². The molecule has 1 unspecified atom stereocenters. The number of aromatic nitrogens is 2. The van der Waals surface area contributed by atoms with Crippen LogP contribution < -0.4 is 11.2 Å². The number of nitrogens with zero attached hydrogens (tertiary/aromatic N) is 1. The molecular weight excluding hydrogens is 387 g/mol. The van der Waals surface area contributed by atoms with Gasteiger partial charge in [0.2, 0.25) is 0 Å². The quantitative estimate of drug-likeness (QED) is 0.233. The Morgan fingerprint density at radius 1 is 1.36 bits per heavy atom. The molecule has 5 atom stereocenters. The van der Waals surface area contributed by atoms with E-state index in [2.05, 4.69) is 4.52 Å². The van der Waals surface area contributed by atoms with E-state index in [1.54, 1.807) is 0 Å². The molecule has 1 saturated heterocycles. The van der Waals surface area contributed by atoms with Crippen LogP contribution in [0.15, 0.2) is 21.3 Å². The minimum atomic E-state index is -5.11. The SMILES string of the molecule is O=c1[nH]c(=O)n([C@@H]2O[C@H](C(O)OP(=O)(O)O)[C@@H](O)[C@@H]2O)cc1/C=C/Cl. The van der Waals surface area contributed by atoms with Gasteiger partial charge in [0.1, 0.15) is 18.3 Å². The van der Waals surface area contributed by atoms with E-state index in [1.807, 2.05) is 4.98 Å². The first-order valence-electron chi connectivity index (χ1n) is 6.61. The molecule has 1 aliphatic rings. The molecule has 6 N–H and O–H groups in total. The fraction of sp³-hybridized carbons (Fsp3) is 0.455. The highest BCUT2D eigenvalue weighted by Gasteiger charge is 2.49. The average molecular weight is 401 g/mol. The summed E-state index contributed by atoms with van der Waals surface area (Å²) in [6.45, 7) is 0. The first kappa shape index (κ1) is 20.0. The molecule has 1 aromatic rings. The maximum absolute atomic E-state index is 11.9. The van der Waals surface area contributed by atoms with Crippen LogP contribution in [0, 0.1) is 0 Å². The number of hydrogen-bond donors (Lipinski definition) is 6. The van der Waals surface area contributed by atoms with Gasteiger partial charge < -0.3 is 29.8 Å². The van der Waals surface area contributed by atoms with Crippen molar-refractivity contribution in [2.75, 3.05) is 0 Å². The number of aliphatic hydroxyl groups is 3. The number of aromatic amines is 1. The number of ether oxygens (including phenoxy) is 1. The normalized spacial score (nSPS) is 28.6. The third kappa shape index (κ3) is 4.44. The third-order valence-corrected chi connectivity index (χ3v) is 3.93. The topological polar surface area (TPSA) is 192 Å². The molecule has 0 amide bonds. The molecule has 0 saturated carbocycles. The zero-order valence-electron chi connectivity index (χ0n) is 12.2. The predicted octanol–water partition coefficient (Wildman–Crippen LogP) is -2.21. The van der Waals surface area contributed by atoms with E-state index >= 15 is 0 Å². The van der Waals surface area contributed by atoms with Gasteiger partial charge in [0.15, 0.2) is 12.5 Å². The van der Waals surface area contributed by atoms with Crippen LogP contribution in [0.1, 0.15) is 11.8 Å². The molecule has 0 aromatic carbocycles. The second-order valence-corrected chi connectivity index (χ2v) is 6.45. The Hall–Kier alpha value is -1.34. The second-order valence-electron chi connectivity index (χ2n) is 5.00. The molecule has 0 bridgehead atoms. The van der Waals surface area contributed by atoms with Crippen molar-refractivity contribution >= 4 is 25.5 Å². The lowest BCUT2D eigenvalue weighted by molar-refractivity contribution is -0.161. The van der Waals surface area contributed by atoms with Crippen LogP contribution in [0.2, 0.25) is 0 Å². The van der Waals surface area contributed by atoms with Gasteiger partial charge in [-0.2, -0.15) is 0 Å². The summed E-state index contributed by atoms with van der Waals surface area (Å²) in [6.07, 6.45) is -7.15. The molecule has 0 aliphatic carbocycles. The van der Waals surface area contributed by atoms with Gasteiger partial charge >= 0.3 is 13.5 Å². The van der Waals surface area contributed by atoms with Crippen molar-refractivity contribution in [2.24, 2.45) is 0 Å². The Kier molecular flexibility index (Phi) is 5.99.